The van der Waals surface area contributed by atoms with Crippen LogP contribution in [-0.2, 0) is 0 Å². The third kappa shape index (κ3) is 1.98. The lowest BCUT2D eigenvalue weighted by atomic mass is 9.91. The molecule has 1 aliphatic rings. The molecule has 68 valence electrons. The molecule has 0 radical (unpaired) electrons. The molecule has 12 heavy (non-hydrogen) atoms. The predicted molar refractivity (Wildman–Crippen MR) is 54.2 cm³/mol. The summed E-state index contributed by atoms with van der Waals surface area (Å²) in [5.41, 5.74) is 3.06. The van der Waals surface area contributed by atoms with Gasteiger partial charge in [0.25, 0.3) is 0 Å². The van der Waals surface area contributed by atoms with Crippen LogP contribution in [-0.4, -0.2) is 13.1 Å². The fourth-order valence-corrected chi connectivity index (χ4v) is 1.88. The Balaban J connectivity index is 2.76. The van der Waals surface area contributed by atoms with Gasteiger partial charge >= 0.3 is 0 Å². The van der Waals surface area contributed by atoms with E-state index in [4.69, 9.17) is 0 Å². The van der Waals surface area contributed by atoms with Gasteiger partial charge in [0, 0.05) is 6.04 Å². The van der Waals surface area contributed by atoms with Crippen molar-refractivity contribution in [3.63, 3.8) is 0 Å². The number of nitrogens with one attached hydrogen (secondary N) is 1. The van der Waals surface area contributed by atoms with Crippen molar-refractivity contribution in [1.29, 1.82) is 0 Å². The number of hydrogen-bond acceptors (Lipinski definition) is 1. The molecule has 1 atom stereocenters. The van der Waals surface area contributed by atoms with Gasteiger partial charge in [0.15, 0.2) is 0 Å². The van der Waals surface area contributed by atoms with Gasteiger partial charge in [0.1, 0.15) is 0 Å². The lowest BCUT2D eigenvalue weighted by molar-refractivity contribution is 0.588. The molecule has 1 N–H and O–H groups in total. The first-order chi connectivity index (χ1) is 5.79. The number of hydrogen-bond donors (Lipinski definition) is 1. The Hall–Kier alpha value is -0.560. The molecule has 0 aromatic rings. The molecular formula is C11H19N. The highest BCUT2D eigenvalue weighted by molar-refractivity contribution is 5.30. The molecule has 1 unspecified atom stereocenters. The molecule has 1 aliphatic carbocycles. The number of likely N-dealkylation sites (N-methyl/N-ethyl adjacent to an activating group) is 1. The van der Waals surface area contributed by atoms with E-state index in [1.807, 2.05) is 7.05 Å². The lowest BCUT2D eigenvalue weighted by Gasteiger charge is -2.22. The number of rotatable bonds is 3. The molecule has 0 aliphatic heterocycles. The van der Waals surface area contributed by atoms with Crippen LogP contribution in [0.2, 0.25) is 0 Å². The monoisotopic (exact) mass is 165 g/mol. The van der Waals surface area contributed by atoms with Crippen LogP contribution < -0.4 is 5.32 Å². The third-order valence-electron chi connectivity index (χ3n) is 2.63. The number of allylic oxidation sites excluding steroid dienone is 3. The van der Waals surface area contributed by atoms with Gasteiger partial charge in [-0.3, -0.25) is 0 Å². The largest absolute Gasteiger partial charge is 0.313 e. The molecule has 0 amide bonds. The summed E-state index contributed by atoms with van der Waals surface area (Å²) >= 11 is 0. The van der Waals surface area contributed by atoms with Crippen molar-refractivity contribution >= 4 is 0 Å². The van der Waals surface area contributed by atoms with Gasteiger partial charge in [0.05, 0.1) is 0 Å². The van der Waals surface area contributed by atoms with Crippen LogP contribution in [0.15, 0.2) is 23.3 Å². The molecule has 0 spiro atoms. The maximum absolute atomic E-state index is 3.36. The van der Waals surface area contributed by atoms with Gasteiger partial charge in [-0.2, -0.15) is 0 Å². The molecule has 0 saturated carbocycles. The molecule has 0 aromatic heterocycles. The molecule has 0 bridgehead atoms. The first kappa shape index (κ1) is 9.53. The van der Waals surface area contributed by atoms with Crippen LogP contribution in [0.5, 0.6) is 0 Å². The summed E-state index contributed by atoms with van der Waals surface area (Å²) in [7, 11) is 2.05. The van der Waals surface area contributed by atoms with E-state index in [-0.39, 0.29) is 0 Å². The van der Waals surface area contributed by atoms with Crippen molar-refractivity contribution in [2.45, 2.75) is 39.2 Å². The fraction of sp³-hybridized carbons (Fsp3) is 0.636. The second kappa shape index (κ2) is 4.46. The van der Waals surface area contributed by atoms with E-state index in [0.717, 1.165) is 0 Å². The third-order valence-corrected chi connectivity index (χ3v) is 2.63. The highest BCUT2D eigenvalue weighted by Crippen LogP contribution is 2.22. The summed E-state index contributed by atoms with van der Waals surface area (Å²) in [6.07, 6.45) is 8.16. The summed E-state index contributed by atoms with van der Waals surface area (Å²) in [4.78, 5) is 0. The first-order valence-corrected chi connectivity index (χ1v) is 4.83. The van der Waals surface area contributed by atoms with Crippen LogP contribution in [0.1, 0.15) is 33.1 Å². The fourth-order valence-electron chi connectivity index (χ4n) is 1.88. The standard InChI is InChI=1S/C11H19N/c1-4-11(12-3)10-8-6-5-7-9(10)2/h5,7,11-12H,4,6,8H2,1-3H3. The van der Waals surface area contributed by atoms with Crippen molar-refractivity contribution in [3.8, 4) is 0 Å². The minimum Gasteiger partial charge on any atom is -0.313 e. The van der Waals surface area contributed by atoms with Crippen molar-refractivity contribution in [2.75, 3.05) is 7.05 Å². The quantitative estimate of drug-likeness (QED) is 0.678. The highest BCUT2D eigenvalue weighted by Gasteiger charge is 2.13. The molecule has 1 nitrogen and oxygen atoms in total. The van der Waals surface area contributed by atoms with Crippen molar-refractivity contribution in [3.05, 3.63) is 23.3 Å². The van der Waals surface area contributed by atoms with E-state index < -0.39 is 0 Å². The maximum Gasteiger partial charge on any atom is 0.0279 e. The molecule has 0 heterocycles. The van der Waals surface area contributed by atoms with Crippen molar-refractivity contribution in [2.24, 2.45) is 0 Å². The normalized spacial score (nSPS) is 19.9. The van der Waals surface area contributed by atoms with Crippen molar-refractivity contribution in [1.82, 2.24) is 5.32 Å². The van der Waals surface area contributed by atoms with Gasteiger partial charge in [0.2, 0.25) is 0 Å². The Kier molecular flexibility index (Phi) is 3.54. The van der Waals surface area contributed by atoms with E-state index in [9.17, 15) is 0 Å². The summed E-state index contributed by atoms with van der Waals surface area (Å²) in [5, 5.41) is 3.36. The molecule has 1 heteroatoms. The van der Waals surface area contributed by atoms with Gasteiger partial charge in [-0.15, -0.1) is 0 Å². The summed E-state index contributed by atoms with van der Waals surface area (Å²) < 4.78 is 0. The molecular weight excluding hydrogens is 146 g/mol. The second-order valence-electron chi connectivity index (χ2n) is 3.40. The first-order valence-electron chi connectivity index (χ1n) is 4.83. The summed E-state index contributed by atoms with van der Waals surface area (Å²) in [6, 6.07) is 0.593. The average Bonchev–Trinajstić information content (AvgIpc) is 2.10. The van der Waals surface area contributed by atoms with E-state index in [2.05, 4.69) is 31.3 Å². The van der Waals surface area contributed by atoms with Crippen LogP contribution in [0.4, 0.5) is 0 Å². The zero-order valence-electron chi connectivity index (χ0n) is 8.35. The summed E-state index contributed by atoms with van der Waals surface area (Å²) in [5.74, 6) is 0. The molecule has 1 rings (SSSR count). The van der Waals surface area contributed by atoms with E-state index in [1.165, 1.54) is 24.8 Å². The SMILES string of the molecule is CCC(NC)C1=C(C)C=CCC1. The van der Waals surface area contributed by atoms with E-state index >= 15 is 0 Å². The minimum absolute atomic E-state index is 0.593. The van der Waals surface area contributed by atoms with Crippen LogP contribution in [0.25, 0.3) is 0 Å². The van der Waals surface area contributed by atoms with E-state index in [0.29, 0.717) is 6.04 Å². The van der Waals surface area contributed by atoms with Crippen LogP contribution >= 0.6 is 0 Å². The smallest absolute Gasteiger partial charge is 0.0279 e. The average molecular weight is 165 g/mol. The Bertz CT molecular complexity index is 197. The minimum atomic E-state index is 0.593. The zero-order chi connectivity index (χ0) is 8.97. The molecule has 0 aromatic carbocycles. The van der Waals surface area contributed by atoms with Crippen molar-refractivity contribution < 1.29 is 0 Å². The highest BCUT2D eigenvalue weighted by atomic mass is 14.9. The topological polar surface area (TPSA) is 12.0 Å². The van der Waals surface area contributed by atoms with Gasteiger partial charge in [-0.25, -0.2) is 0 Å². The van der Waals surface area contributed by atoms with E-state index in [1.54, 1.807) is 5.57 Å². The zero-order valence-corrected chi connectivity index (χ0v) is 8.35. The van der Waals surface area contributed by atoms with Crippen LogP contribution in [0.3, 0.4) is 0 Å². The molecule has 0 saturated heterocycles. The van der Waals surface area contributed by atoms with Gasteiger partial charge < -0.3 is 5.32 Å². The maximum atomic E-state index is 3.36. The predicted octanol–water partition coefficient (Wildman–Crippen LogP) is 2.65. The Labute approximate surface area is 75.6 Å². The second-order valence-corrected chi connectivity index (χ2v) is 3.40. The molecule has 0 fully saturated rings. The lowest BCUT2D eigenvalue weighted by Crippen LogP contribution is -2.27. The Morgan fingerprint density at radius 1 is 1.58 bits per heavy atom. The Morgan fingerprint density at radius 3 is 2.83 bits per heavy atom. The summed E-state index contributed by atoms with van der Waals surface area (Å²) in [6.45, 7) is 4.45. The van der Waals surface area contributed by atoms with Gasteiger partial charge in [-0.05, 0) is 33.2 Å². The van der Waals surface area contributed by atoms with Gasteiger partial charge in [-0.1, -0.05) is 30.2 Å². The van der Waals surface area contributed by atoms with Crippen LogP contribution in [0, 0.1) is 0 Å². The Morgan fingerprint density at radius 2 is 2.33 bits per heavy atom.